The van der Waals surface area contributed by atoms with E-state index >= 15 is 0 Å². The van der Waals surface area contributed by atoms with Crippen molar-refractivity contribution < 1.29 is 4.74 Å². The van der Waals surface area contributed by atoms with Gasteiger partial charge in [-0.2, -0.15) is 0 Å². The lowest BCUT2D eigenvalue weighted by molar-refractivity contribution is 0.0564. The Morgan fingerprint density at radius 2 is 2.00 bits per heavy atom. The summed E-state index contributed by atoms with van der Waals surface area (Å²) in [6.45, 7) is 13.6. The van der Waals surface area contributed by atoms with Gasteiger partial charge in [0, 0.05) is 6.61 Å². The summed E-state index contributed by atoms with van der Waals surface area (Å²) in [6, 6.07) is 0. The summed E-state index contributed by atoms with van der Waals surface area (Å²) in [6.07, 6.45) is 2.63. The molecule has 0 spiro atoms. The number of hydrogen-bond donors (Lipinski definition) is 0. The number of rotatable bonds is 2. The van der Waals surface area contributed by atoms with Crippen molar-refractivity contribution in [1.29, 1.82) is 0 Å². The molecule has 0 aromatic rings. The van der Waals surface area contributed by atoms with E-state index in [9.17, 15) is 0 Å². The van der Waals surface area contributed by atoms with Crippen LogP contribution in [0.25, 0.3) is 0 Å². The second-order valence-electron chi connectivity index (χ2n) is 5.96. The van der Waals surface area contributed by atoms with E-state index in [1.165, 1.54) is 12.8 Å². The molecule has 0 aromatic carbocycles. The van der Waals surface area contributed by atoms with Crippen molar-refractivity contribution >= 4 is 0 Å². The first kappa shape index (κ1) is 12.0. The van der Waals surface area contributed by atoms with Gasteiger partial charge in [0.25, 0.3) is 0 Å². The van der Waals surface area contributed by atoms with E-state index in [-0.39, 0.29) is 0 Å². The van der Waals surface area contributed by atoms with Gasteiger partial charge in [0.15, 0.2) is 0 Å². The molecule has 0 radical (unpaired) electrons. The number of hydrogen-bond acceptors (Lipinski definition) is 1. The summed E-state index contributed by atoms with van der Waals surface area (Å²) in [4.78, 5) is 0. The highest BCUT2D eigenvalue weighted by atomic mass is 16.5. The molecule has 1 fully saturated rings. The molecule has 0 bridgehead atoms. The van der Waals surface area contributed by atoms with Crippen molar-refractivity contribution in [2.45, 2.75) is 47.5 Å². The largest absolute Gasteiger partial charge is 0.381 e. The highest BCUT2D eigenvalue weighted by molar-refractivity contribution is 4.82. The van der Waals surface area contributed by atoms with Crippen LogP contribution in [0.2, 0.25) is 0 Å². The lowest BCUT2D eigenvalue weighted by Gasteiger charge is -2.30. The quantitative estimate of drug-likeness (QED) is 0.657. The molecule has 0 aromatic heterocycles. The van der Waals surface area contributed by atoms with Crippen LogP contribution in [0.3, 0.4) is 0 Å². The van der Waals surface area contributed by atoms with E-state index in [4.69, 9.17) is 4.74 Å². The predicted octanol–water partition coefficient (Wildman–Crippen LogP) is 3.73. The van der Waals surface area contributed by atoms with Crippen LogP contribution in [0.1, 0.15) is 47.5 Å². The fourth-order valence-electron chi connectivity index (χ4n) is 2.71. The maximum atomic E-state index is 5.82. The number of ether oxygens (including phenoxy) is 1. The molecule has 0 amide bonds. The zero-order chi connectivity index (χ0) is 10.8. The molecule has 2 atom stereocenters. The summed E-state index contributed by atoms with van der Waals surface area (Å²) >= 11 is 0. The zero-order valence-electron chi connectivity index (χ0n) is 10.5. The summed E-state index contributed by atoms with van der Waals surface area (Å²) in [5.74, 6) is 2.38. The summed E-state index contributed by atoms with van der Waals surface area (Å²) in [5.41, 5.74) is 0.379. The normalized spacial score (nSPS) is 33.0. The molecule has 0 saturated carbocycles. The van der Waals surface area contributed by atoms with Gasteiger partial charge in [0.2, 0.25) is 0 Å². The summed E-state index contributed by atoms with van der Waals surface area (Å²) in [7, 11) is 0. The molecule has 1 rings (SSSR count). The van der Waals surface area contributed by atoms with Gasteiger partial charge in [-0.15, -0.1) is 0 Å². The van der Waals surface area contributed by atoms with E-state index < -0.39 is 0 Å². The molecule has 0 N–H and O–H groups in total. The van der Waals surface area contributed by atoms with E-state index in [0.29, 0.717) is 5.41 Å². The second kappa shape index (κ2) is 4.65. The Morgan fingerprint density at radius 3 is 2.50 bits per heavy atom. The van der Waals surface area contributed by atoms with Crippen LogP contribution in [-0.4, -0.2) is 13.2 Å². The molecule has 0 aliphatic carbocycles. The molecular weight excluding hydrogens is 172 g/mol. The van der Waals surface area contributed by atoms with E-state index in [1.54, 1.807) is 0 Å². The molecular formula is C13H26O. The smallest absolute Gasteiger partial charge is 0.0517 e. The Morgan fingerprint density at radius 1 is 1.36 bits per heavy atom. The summed E-state index contributed by atoms with van der Waals surface area (Å²) in [5, 5.41) is 0. The second-order valence-corrected chi connectivity index (χ2v) is 5.96. The zero-order valence-corrected chi connectivity index (χ0v) is 10.5. The van der Waals surface area contributed by atoms with Gasteiger partial charge in [-0.3, -0.25) is 0 Å². The first-order valence-electron chi connectivity index (χ1n) is 6.04. The molecule has 1 aliphatic heterocycles. The first-order chi connectivity index (χ1) is 6.46. The van der Waals surface area contributed by atoms with Crippen molar-refractivity contribution in [1.82, 2.24) is 0 Å². The maximum Gasteiger partial charge on any atom is 0.0517 e. The standard InChI is InChI=1S/C13H26O/c1-6-11-7-13(4,5)9-14-8-12(11)10(2)3/h10-12H,6-9H2,1-5H3. The van der Waals surface area contributed by atoms with Gasteiger partial charge in [0.05, 0.1) is 6.61 Å². The van der Waals surface area contributed by atoms with Crippen LogP contribution < -0.4 is 0 Å². The lowest BCUT2D eigenvalue weighted by Crippen LogP contribution is -2.24. The van der Waals surface area contributed by atoms with Crippen LogP contribution in [0.15, 0.2) is 0 Å². The van der Waals surface area contributed by atoms with Crippen LogP contribution >= 0.6 is 0 Å². The minimum atomic E-state index is 0.379. The maximum absolute atomic E-state index is 5.82. The van der Waals surface area contributed by atoms with Gasteiger partial charge in [0.1, 0.15) is 0 Å². The van der Waals surface area contributed by atoms with Crippen molar-refractivity contribution in [2.24, 2.45) is 23.2 Å². The van der Waals surface area contributed by atoms with Crippen molar-refractivity contribution in [3.05, 3.63) is 0 Å². The monoisotopic (exact) mass is 198 g/mol. The highest BCUT2D eigenvalue weighted by Crippen LogP contribution is 2.38. The van der Waals surface area contributed by atoms with E-state index in [0.717, 1.165) is 31.0 Å². The topological polar surface area (TPSA) is 9.23 Å². The Hall–Kier alpha value is -0.0400. The Bertz CT molecular complexity index is 172. The van der Waals surface area contributed by atoms with E-state index in [2.05, 4.69) is 34.6 Å². The van der Waals surface area contributed by atoms with Gasteiger partial charge in [-0.05, 0) is 29.6 Å². The molecule has 1 nitrogen and oxygen atoms in total. The van der Waals surface area contributed by atoms with Crippen LogP contribution in [-0.2, 0) is 4.74 Å². The predicted molar refractivity (Wildman–Crippen MR) is 61.3 cm³/mol. The third kappa shape index (κ3) is 2.98. The SMILES string of the molecule is CCC1CC(C)(C)COCC1C(C)C. The third-order valence-electron chi connectivity index (χ3n) is 3.60. The van der Waals surface area contributed by atoms with Crippen molar-refractivity contribution in [2.75, 3.05) is 13.2 Å². The van der Waals surface area contributed by atoms with Crippen LogP contribution in [0.4, 0.5) is 0 Å². The molecule has 2 unspecified atom stereocenters. The fraction of sp³-hybridized carbons (Fsp3) is 1.00. The molecule has 1 heterocycles. The highest BCUT2D eigenvalue weighted by Gasteiger charge is 2.33. The Kier molecular flexibility index (Phi) is 4.00. The van der Waals surface area contributed by atoms with Crippen molar-refractivity contribution in [3.63, 3.8) is 0 Å². The molecule has 1 heteroatoms. The third-order valence-corrected chi connectivity index (χ3v) is 3.60. The van der Waals surface area contributed by atoms with Crippen molar-refractivity contribution in [3.8, 4) is 0 Å². The molecule has 84 valence electrons. The fourth-order valence-corrected chi connectivity index (χ4v) is 2.71. The Balaban J connectivity index is 2.69. The Labute approximate surface area is 89.2 Å². The molecule has 1 saturated heterocycles. The van der Waals surface area contributed by atoms with Crippen LogP contribution in [0, 0.1) is 23.2 Å². The average molecular weight is 198 g/mol. The molecule has 1 aliphatic rings. The minimum absolute atomic E-state index is 0.379. The van der Waals surface area contributed by atoms with E-state index in [1.807, 2.05) is 0 Å². The van der Waals surface area contributed by atoms with Gasteiger partial charge < -0.3 is 4.74 Å². The average Bonchev–Trinajstić information content (AvgIpc) is 2.22. The van der Waals surface area contributed by atoms with Gasteiger partial charge in [-0.1, -0.05) is 41.0 Å². The van der Waals surface area contributed by atoms with Crippen LogP contribution in [0.5, 0.6) is 0 Å². The minimum Gasteiger partial charge on any atom is -0.381 e. The lowest BCUT2D eigenvalue weighted by atomic mass is 9.74. The summed E-state index contributed by atoms with van der Waals surface area (Å²) < 4.78 is 5.82. The van der Waals surface area contributed by atoms with Gasteiger partial charge in [-0.25, -0.2) is 0 Å². The van der Waals surface area contributed by atoms with Gasteiger partial charge >= 0.3 is 0 Å². The first-order valence-corrected chi connectivity index (χ1v) is 6.04. The molecule has 14 heavy (non-hydrogen) atoms.